The van der Waals surface area contributed by atoms with Gasteiger partial charge in [0.2, 0.25) is 5.91 Å². The predicted octanol–water partition coefficient (Wildman–Crippen LogP) is 3.28. The Kier molecular flexibility index (Phi) is 5.54. The molecule has 3 N–H and O–H groups in total. The molecule has 6 heteroatoms. The largest absolute Gasteiger partial charge is 0.352 e. The highest BCUT2D eigenvalue weighted by Crippen LogP contribution is 2.38. The van der Waals surface area contributed by atoms with Crippen LogP contribution >= 0.6 is 0 Å². The lowest BCUT2D eigenvalue weighted by molar-refractivity contribution is -0.117. The van der Waals surface area contributed by atoms with Crippen LogP contribution in [0.5, 0.6) is 0 Å². The third-order valence-electron chi connectivity index (χ3n) is 4.56. The summed E-state index contributed by atoms with van der Waals surface area (Å²) in [5, 5.41) is 8.37. The molecule has 2 unspecified atom stereocenters. The summed E-state index contributed by atoms with van der Waals surface area (Å²) in [6.07, 6.45) is 0.911. The maximum absolute atomic E-state index is 12.5. The monoisotopic (exact) mass is 365 g/mol. The van der Waals surface area contributed by atoms with E-state index in [1.807, 2.05) is 13.8 Å². The number of hydrogen-bond acceptors (Lipinski definition) is 3. The summed E-state index contributed by atoms with van der Waals surface area (Å²) in [5.74, 6) is -0.00518. The van der Waals surface area contributed by atoms with Crippen LogP contribution in [0.3, 0.4) is 0 Å². The molecular weight excluding hydrogens is 342 g/mol. The van der Waals surface area contributed by atoms with Crippen molar-refractivity contribution in [1.29, 1.82) is 0 Å². The molecule has 2 atom stereocenters. The van der Waals surface area contributed by atoms with Gasteiger partial charge in [-0.1, -0.05) is 19.1 Å². The Morgan fingerprint density at radius 1 is 0.926 bits per heavy atom. The smallest absolute Gasteiger partial charge is 0.255 e. The highest BCUT2D eigenvalue weighted by molar-refractivity contribution is 6.06. The molecule has 3 amide bonds. The highest BCUT2D eigenvalue weighted by Gasteiger charge is 2.39. The number of rotatable bonds is 6. The number of hydrogen-bond donors (Lipinski definition) is 3. The van der Waals surface area contributed by atoms with Gasteiger partial charge in [-0.2, -0.15) is 0 Å². The first-order chi connectivity index (χ1) is 13.0. The summed E-state index contributed by atoms with van der Waals surface area (Å²) >= 11 is 0. The van der Waals surface area contributed by atoms with Crippen LogP contribution in [0.4, 0.5) is 11.4 Å². The van der Waals surface area contributed by atoms with Crippen LogP contribution in [0.15, 0.2) is 48.5 Å². The normalized spacial score (nSPS) is 17.7. The van der Waals surface area contributed by atoms with E-state index in [-0.39, 0.29) is 23.6 Å². The van der Waals surface area contributed by atoms with Crippen LogP contribution in [-0.2, 0) is 4.79 Å². The van der Waals surface area contributed by atoms with Crippen LogP contribution in [-0.4, -0.2) is 24.3 Å². The molecule has 0 bridgehead atoms. The van der Waals surface area contributed by atoms with E-state index >= 15 is 0 Å². The number of benzene rings is 2. The summed E-state index contributed by atoms with van der Waals surface area (Å²) < 4.78 is 0. The van der Waals surface area contributed by atoms with Crippen molar-refractivity contribution >= 4 is 29.1 Å². The molecule has 0 spiro atoms. The minimum atomic E-state index is -0.307. The van der Waals surface area contributed by atoms with Gasteiger partial charge >= 0.3 is 0 Å². The van der Waals surface area contributed by atoms with E-state index in [1.54, 1.807) is 48.5 Å². The molecule has 140 valence electrons. The maximum atomic E-state index is 12.5. The Bertz CT molecular complexity index is 878. The number of carbonyl (C=O) groups excluding carboxylic acids is 3. The molecule has 2 aromatic carbocycles. The quantitative estimate of drug-likeness (QED) is 0.734. The third kappa shape index (κ3) is 4.73. The molecule has 0 aromatic heterocycles. The molecule has 1 fully saturated rings. The van der Waals surface area contributed by atoms with Crippen molar-refractivity contribution in [3.63, 3.8) is 0 Å². The van der Waals surface area contributed by atoms with E-state index in [0.717, 1.165) is 6.42 Å². The first kappa shape index (κ1) is 18.6. The first-order valence-electron chi connectivity index (χ1n) is 9.08. The van der Waals surface area contributed by atoms with Crippen molar-refractivity contribution in [2.24, 2.45) is 11.8 Å². The lowest BCUT2D eigenvalue weighted by Crippen LogP contribution is -2.22. The summed E-state index contributed by atoms with van der Waals surface area (Å²) in [5.41, 5.74) is 2.04. The van der Waals surface area contributed by atoms with E-state index < -0.39 is 0 Å². The Morgan fingerprint density at radius 2 is 1.48 bits per heavy atom. The Balaban J connectivity index is 1.67. The molecule has 1 saturated carbocycles. The van der Waals surface area contributed by atoms with Crippen LogP contribution in [0.1, 0.15) is 41.0 Å². The second-order valence-electron chi connectivity index (χ2n) is 6.78. The molecular formula is C21H23N3O3. The highest BCUT2D eigenvalue weighted by atomic mass is 16.2. The minimum absolute atomic E-state index is 0.00491. The molecule has 2 aromatic rings. The van der Waals surface area contributed by atoms with Gasteiger partial charge in [-0.15, -0.1) is 0 Å². The van der Waals surface area contributed by atoms with Gasteiger partial charge < -0.3 is 16.0 Å². The van der Waals surface area contributed by atoms with Gasteiger partial charge in [0.05, 0.1) is 0 Å². The lowest BCUT2D eigenvalue weighted by Gasteiger charge is -2.09. The van der Waals surface area contributed by atoms with Gasteiger partial charge in [0.25, 0.3) is 11.8 Å². The van der Waals surface area contributed by atoms with E-state index in [1.165, 1.54) is 0 Å². The minimum Gasteiger partial charge on any atom is -0.352 e. The zero-order valence-corrected chi connectivity index (χ0v) is 15.4. The van der Waals surface area contributed by atoms with Gasteiger partial charge in [-0.3, -0.25) is 14.4 Å². The van der Waals surface area contributed by atoms with Crippen molar-refractivity contribution in [3.05, 3.63) is 59.7 Å². The second-order valence-corrected chi connectivity index (χ2v) is 6.78. The van der Waals surface area contributed by atoms with Crippen LogP contribution in [0.25, 0.3) is 0 Å². The summed E-state index contributed by atoms with van der Waals surface area (Å²) in [6.45, 7) is 4.43. The van der Waals surface area contributed by atoms with Crippen molar-refractivity contribution < 1.29 is 14.4 Å². The fourth-order valence-electron chi connectivity index (χ4n) is 2.86. The van der Waals surface area contributed by atoms with Gasteiger partial charge in [-0.05, 0) is 55.7 Å². The van der Waals surface area contributed by atoms with E-state index in [9.17, 15) is 14.4 Å². The maximum Gasteiger partial charge on any atom is 0.255 e. The van der Waals surface area contributed by atoms with Crippen LogP contribution in [0.2, 0.25) is 0 Å². The molecule has 27 heavy (non-hydrogen) atoms. The van der Waals surface area contributed by atoms with E-state index in [4.69, 9.17) is 0 Å². The van der Waals surface area contributed by atoms with Crippen molar-refractivity contribution in [2.45, 2.75) is 20.3 Å². The average Bonchev–Trinajstić information content (AvgIpc) is 3.39. The van der Waals surface area contributed by atoms with Gasteiger partial charge in [-0.25, -0.2) is 0 Å². The summed E-state index contributed by atoms with van der Waals surface area (Å²) in [7, 11) is 0. The number of carbonyl (C=O) groups is 3. The molecule has 6 nitrogen and oxygen atoms in total. The molecule has 1 aliphatic carbocycles. The van der Waals surface area contributed by atoms with Crippen LogP contribution < -0.4 is 16.0 Å². The standard InChI is InChI=1S/C21H23N3O3/c1-3-22-19(25)14-6-4-8-16(11-14)23-20(26)15-7-5-9-17(12-15)24-21(27)18-10-13(18)2/h4-9,11-13,18H,3,10H2,1-2H3,(H,22,25)(H,23,26)(H,24,27). The first-order valence-corrected chi connectivity index (χ1v) is 9.08. The fourth-order valence-corrected chi connectivity index (χ4v) is 2.86. The zero-order chi connectivity index (χ0) is 19.4. The van der Waals surface area contributed by atoms with Crippen molar-refractivity contribution in [3.8, 4) is 0 Å². The Labute approximate surface area is 158 Å². The molecule has 3 rings (SSSR count). The Morgan fingerprint density at radius 3 is 2.04 bits per heavy atom. The summed E-state index contributed by atoms with van der Waals surface area (Å²) in [6, 6.07) is 13.6. The topological polar surface area (TPSA) is 87.3 Å². The predicted molar refractivity (Wildman–Crippen MR) is 105 cm³/mol. The van der Waals surface area contributed by atoms with Gasteiger partial charge in [0, 0.05) is 35.0 Å². The SMILES string of the molecule is CCNC(=O)c1cccc(NC(=O)c2cccc(NC(=O)C3CC3C)c2)c1. The Hall–Kier alpha value is -3.15. The number of anilines is 2. The van der Waals surface area contributed by atoms with Gasteiger partial charge in [0.1, 0.15) is 0 Å². The molecule has 0 saturated heterocycles. The molecule has 0 radical (unpaired) electrons. The second kappa shape index (κ2) is 8.03. The lowest BCUT2D eigenvalue weighted by atomic mass is 10.1. The van der Waals surface area contributed by atoms with Crippen LogP contribution in [0, 0.1) is 11.8 Å². The molecule has 0 aliphatic heterocycles. The van der Waals surface area contributed by atoms with E-state index in [2.05, 4.69) is 16.0 Å². The zero-order valence-electron chi connectivity index (χ0n) is 15.4. The third-order valence-corrected chi connectivity index (χ3v) is 4.56. The number of nitrogens with one attached hydrogen (secondary N) is 3. The fraction of sp³-hybridized carbons (Fsp3) is 0.286. The summed E-state index contributed by atoms with van der Waals surface area (Å²) in [4.78, 5) is 36.5. The molecule has 0 heterocycles. The van der Waals surface area contributed by atoms with E-state index in [0.29, 0.717) is 35.0 Å². The number of amides is 3. The van der Waals surface area contributed by atoms with Crippen molar-refractivity contribution in [2.75, 3.05) is 17.2 Å². The van der Waals surface area contributed by atoms with Gasteiger partial charge in [0.15, 0.2) is 0 Å². The molecule has 1 aliphatic rings. The average molecular weight is 365 g/mol. The van der Waals surface area contributed by atoms with Crippen molar-refractivity contribution in [1.82, 2.24) is 5.32 Å².